The maximum absolute atomic E-state index is 12.0. The second kappa shape index (κ2) is 6.95. The fourth-order valence-corrected chi connectivity index (χ4v) is 2.52. The van der Waals surface area contributed by atoms with E-state index in [9.17, 15) is 9.59 Å². The van der Waals surface area contributed by atoms with Crippen molar-refractivity contribution in [2.75, 3.05) is 0 Å². The van der Waals surface area contributed by atoms with Crippen molar-refractivity contribution in [3.05, 3.63) is 0 Å². The van der Waals surface area contributed by atoms with Crippen LogP contribution in [0.4, 0.5) is 4.79 Å². The molecule has 5 heteroatoms. The molecule has 20 heavy (non-hydrogen) atoms. The van der Waals surface area contributed by atoms with E-state index in [1.807, 2.05) is 27.7 Å². The van der Waals surface area contributed by atoms with Crippen LogP contribution in [0.2, 0.25) is 0 Å². The molecule has 3 N–H and O–H groups in total. The van der Waals surface area contributed by atoms with E-state index >= 15 is 0 Å². The lowest BCUT2D eigenvalue weighted by Gasteiger charge is -2.34. The number of aliphatic carboxylic acids is 1. The van der Waals surface area contributed by atoms with Crippen LogP contribution in [0.25, 0.3) is 0 Å². The van der Waals surface area contributed by atoms with Crippen molar-refractivity contribution in [2.24, 2.45) is 11.3 Å². The zero-order valence-electron chi connectivity index (χ0n) is 13.8. The van der Waals surface area contributed by atoms with Gasteiger partial charge in [-0.15, -0.1) is 0 Å². The SMILES string of the molecule is CC(C)C(CC(=O)O)NC(=O)NC(C)(C)CC(C)(C)C. The standard InChI is InChI=1S/C15H30N2O3/c1-10(2)11(8-12(18)19)16-13(20)17-15(6,7)9-14(3,4)5/h10-11H,8-9H2,1-7H3,(H,18,19)(H2,16,17,20). The Morgan fingerprint density at radius 1 is 1.10 bits per heavy atom. The average molecular weight is 286 g/mol. The predicted octanol–water partition coefficient (Wildman–Crippen LogP) is 3.00. The van der Waals surface area contributed by atoms with Crippen molar-refractivity contribution in [1.29, 1.82) is 0 Å². The van der Waals surface area contributed by atoms with E-state index in [0.29, 0.717) is 0 Å². The first-order valence-electron chi connectivity index (χ1n) is 7.13. The lowest BCUT2D eigenvalue weighted by Crippen LogP contribution is -2.53. The summed E-state index contributed by atoms with van der Waals surface area (Å²) in [6.45, 7) is 14.1. The highest BCUT2D eigenvalue weighted by Gasteiger charge is 2.28. The number of rotatable bonds is 6. The van der Waals surface area contributed by atoms with E-state index < -0.39 is 5.97 Å². The quantitative estimate of drug-likeness (QED) is 0.702. The molecule has 0 fully saturated rings. The number of carboxylic acids is 1. The van der Waals surface area contributed by atoms with Crippen molar-refractivity contribution in [2.45, 2.75) is 72.9 Å². The van der Waals surface area contributed by atoms with Gasteiger partial charge in [0.2, 0.25) is 0 Å². The Balaban J connectivity index is 4.56. The summed E-state index contributed by atoms with van der Waals surface area (Å²) in [5, 5.41) is 14.5. The lowest BCUT2D eigenvalue weighted by molar-refractivity contribution is -0.137. The predicted molar refractivity (Wildman–Crippen MR) is 80.7 cm³/mol. The number of carbonyl (C=O) groups is 2. The summed E-state index contributed by atoms with van der Waals surface area (Å²) in [6.07, 6.45) is 0.767. The van der Waals surface area contributed by atoms with Crippen LogP contribution in [-0.4, -0.2) is 28.7 Å². The van der Waals surface area contributed by atoms with E-state index in [-0.39, 0.29) is 35.4 Å². The highest BCUT2D eigenvalue weighted by Crippen LogP contribution is 2.26. The molecule has 0 saturated carbocycles. The number of urea groups is 1. The van der Waals surface area contributed by atoms with Gasteiger partial charge in [-0.1, -0.05) is 34.6 Å². The zero-order chi connectivity index (χ0) is 16.1. The van der Waals surface area contributed by atoms with E-state index in [2.05, 4.69) is 31.4 Å². The molecule has 1 unspecified atom stereocenters. The number of hydrogen-bond donors (Lipinski definition) is 3. The minimum atomic E-state index is -0.905. The Kier molecular flexibility index (Phi) is 6.51. The maximum atomic E-state index is 12.0. The van der Waals surface area contributed by atoms with Gasteiger partial charge in [0.05, 0.1) is 6.42 Å². The van der Waals surface area contributed by atoms with Crippen molar-refractivity contribution < 1.29 is 14.7 Å². The maximum Gasteiger partial charge on any atom is 0.315 e. The Morgan fingerprint density at radius 2 is 1.60 bits per heavy atom. The van der Waals surface area contributed by atoms with Crippen LogP contribution in [-0.2, 0) is 4.79 Å². The topological polar surface area (TPSA) is 78.4 Å². The minimum absolute atomic E-state index is 0.0647. The molecule has 0 heterocycles. The largest absolute Gasteiger partial charge is 0.481 e. The lowest BCUT2D eigenvalue weighted by atomic mass is 9.82. The van der Waals surface area contributed by atoms with Crippen LogP contribution >= 0.6 is 0 Å². The molecule has 0 radical (unpaired) electrons. The Bertz CT molecular complexity index is 344. The second-order valence-electron chi connectivity index (χ2n) is 7.67. The summed E-state index contributed by atoms with van der Waals surface area (Å²) in [6, 6.07) is -0.669. The third-order valence-electron chi connectivity index (χ3n) is 2.94. The van der Waals surface area contributed by atoms with Gasteiger partial charge in [0, 0.05) is 11.6 Å². The number of carboxylic acid groups (broad SMARTS) is 1. The van der Waals surface area contributed by atoms with Crippen molar-refractivity contribution in [3.8, 4) is 0 Å². The summed E-state index contributed by atoms with van der Waals surface area (Å²) in [5.74, 6) is -0.833. The van der Waals surface area contributed by atoms with Crippen LogP contribution in [0, 0.1) is 11.3 Å². The van der Waals surface area contributed by atoms with Gasteiger partial charge in [-0.25, -0.2) is 4.79 Å². The number of hydrogen-bond acceptors (Lipinski definition) is 2. The third kappa shape index (κ3) is 8.77. The zero-order valence-corrected chi connectivity index (χ0v) is 13.8. The molecule has 0 aromatic carbocycles. The van der Waals surface area contributed by atoms with E-state index in [1.165, 1.54) is 0 Å². The molecular weight excluding hydrogens is 256 g/mol. The molecule has 5 nitrogen and oxygen atoms in total. The highest BCUT2D eigenvalue weighted by atomic mass is 16.4. The highest BCUT2D eigenvalue weighted by molar-refractivity contribution is 5.76. The fourth-order valence-electron chi connectivity index (χ4n) is 2.52. The summed E-state index contributed by atoms with van der Waals surface area (Å²) in [5.41, 5.74) is -0.234. The molecular formula is C15H30N2O3. The van der Waals surface area contributed by atoms with Gasteiger partial charge < -0.3 is 15.7 Å². The van der Waals surface area contributed by atoms with Gasteiger partial charge in [0.15, 0.2) is 0 Å². The normalized spacial score (nSPS) is 14.0. The van der Waals surface area contributed by atoms with Crippen LogP contribution in [0.1, 0.15) is 61.3 Å². The van der Waals surface area contributed by atoms with Crippen LogP contribution in [0.15, 0.2) is 0 Å². The molecule has 0 aromatic heterocycles. The van der Waals surface area contributed by atoms with Gasteiger partial charge in [0.1, 0.15) is 0 Å². The summed E-state index contributed by atoms with van der Waals surface area (Å²) in [4.78, 5) is 22.8. The van der Waals surface area contributed by atoms with Crippen LogP contribution < -0.4 is 10.6 Å². The Morgan fingerprint density at radius 3 is 1.95 bits per heavy atom. The molecule has 0 saturated heterocycles. The molecule has 1 atom stereocenters. The Hall–Kier alpha value is -1.26. The number of nitrogens with one attached hydrogen (secondary N) is 2. The molecule has 0 aliphatic rings. The van der Waals surface area contributed by atoms with Gasteiger partial charge in [-0.2, -0.15) is 0 Å². The van der Waals surface area contributed by atoms with E-state index in [4.69, 9.17) is 5.11 Å². The smallest absolute Gasteiger partial charge is 0.315 e. The third-order valence-corrected chi connectivity index (χ3v) is 2.94. The average Bonchev–Trinajstić information content (AvgIpc) is 2.09. The summed E-state index contributed by atoms with van der Waals surface area (Å²) in [7, 11) is 0. The second-order valence-corrected chi connectivity index (χ2v) is 7.67. The first kappa shape index (κ1) is 18.7. The summed E-state index contributed by atoms with van der Waals surface area (Å²) >= 11 is 0. The van der Waals surface area contributed by atoms with Crippen molar-refractivity contribution in [1.82, 2.24) is 10.6 Å². The Labute approximate surface area is 122 Å². The molecule has 0 spiro atoms. The molecule has 0 aliphatic carbocycles. The molecule has 0 aromatic rings. The number of carbonyl (C=O) groups excluding carboxylic acids is 1. The first-order chi connectivity index (χ1) is 8.82. The fraction of sp³-hybridized carbons (Fsp3) is 0.867. The van der Waals surface area contributed by atoms with Gasteiger partial charge in [-0.3, -0.25) is 4.79 Å². The van der Waals surface area contributed by atoms with E-state index in [1.54, 1.807) is 0 Å². The minimum Gasteiger partial charge on any atom is -0.481 e. The van der Waals surface area contributed by atoms with Gasteiger partial charge >= 0.3 is 12.0 Å². The monoisotopic (exact) mass is 286 g/mol. The van der Waals surface area contributed by atoms with Crippen molar-refractivity contribution >= 4 is 12.0 Å². The first-order valence-corrected chi connectivity index (χ1v) is 7.13. The van der Waals surface area contributed by atoms with Gasteiger partial charge in [-0.05, 0) is 31.6 Å². The van der Waals surface area contributed by atoms with Crippen LogP contribution in [0.3, 0.4) is 0 Å². The number of amides is 2. The molecule has 0 bridgehead atoms. The molecule has 118 valence electrons. The molecule has 0 aliphatic heterocycles. The molecule has 0 rings (SSSR count). The van der Waals surface area contributed by atoms with Gasteiger partial charge in [0.25, 0.3) is 0 Å². The van der Waals surface area contributed by atoms with Crippen molar-refractivity contribution in [3.63, 3.8) is 0 Å². The summed E-state index contributed by atoms with van der Waals surface area (Å²) < 4.78 is 0. The van der Waals surface area contributed by atoms with Crippen LogP contribution in [0.5, 0.6) is 0 Å². The van der Waals surface area contributed by atoms with E-state index in [0.717, 1.165) is 6.42 Å². The molecule has 2 amide bonds.